The van der Waals surface area contributed by atoms with E-state index in [0.717, 1.165) is 41.8 Å². The number of hydrogen-bond donors (Lipinski definition) is 1. The van der Waals surface area contributed by atoms with Gasteiger partial charge >= 0.3 is 0 Å². The highest BCUT2D eigenvalue weighted by molar-refractivity contribution is 5.94. The summed E-state index contributed by atoms with van der Waals surface area (Å²) < 4.78 is 0. The Labute approximate surface area is 159 Å². The van der Waals surface area contributed by atoms with Gasteiger partial charge in [0.2, 0.25) is 0 Å². The van der Waals surface area contributed by atoms with Crippen LogP contribution in [-0.4, -0.2) is 39.1 Å². The Bertz CT molecular complexity index is 945. The van der Waals surface area contributed by atoms with Gasteiger partial charge in [0.25, 0.3) is 5.91 Å². The SMILES string of the molecule is Cc1ccc(-c2cn[nH]c2[C@H]2CCCN(C(=O)c3cncc(C)c3)C2)cc1. The zero-order valence-electron chi connectivity index (χ0n) is 15.8. The summed E-state index contributed by atoms with van der Waals surface area (Å²) in [5.41, 5.74) is 6.33. The molecule has 1 aliphatic heterocycles. The molecule has 1 saturated heterocycles. The summed E-state index contributed by atoms with van der Waals surface area (Å²) in [5.74, 6) is 0.326. The average molecular weight is 360 g/mol. The van der Waals surface area contributed by atoms with Crippen molar-refractivity contribution in [3.8, 4) is 11.1 Å². The van der Waals surface area contributed by atoms with E-state index in [1.54, 1.807) is 12.4 Å². The number of rotatable bonds is 3. The summed E-state index contributed by atoms with van der Waals surface area (Å²) >= 11 is 0. The van der Waals surface area contributed by atoms with E-state index in [9.17, 15) is 4.79 Å². The lowest BCUT2D eigenvalue weighted by atomic mass is 9.90. The largest absolute Gasteiger partial charge is 0.338 e. The molecule has 1 atom stereocenters. The minimum Gasteiger partial charge on any atom is -0.338 e. The van der Waals surface area contributed by atoms with Crippen LogP contribution in [0.1, 0.15) is 45.9 Å². The monoisotopic (exact) mass is 360 g/mol. The van der Waals surface area contributed by atoms with Crippen molar-refractivity contribution in [1.29, 1.82) is 0 Å². The predicted molar refractivity (Wildman–Crippen MR) is 106 cm³/mol. The number of hydrogen-bond acceptors (Lipinski definition) is 3. The first kappa shape index (κ1) is 17.5. The van der Waals surface area contributed by atoms with Crippen molar-refractivity contribution in [3.63, 3.8) is 0 Å². The predicted octanol–water partition coefficient (Wildman–Crippen LogP) is 4.11. The van der Waals surface area contributed by atoms with E-state index in [1.165, 1.54) is 5.56 Å². The van der Waals surface area contributed by atoms with Crippen LogP contribution in [0, 0.1) is 13.8 Å². The molecular weight excluding hydrogens is 336 g/mol. The fourth-order valence-electron chi connectivity index (χ4n) is 3.82. The summed E-state index contributed by atoms with van der Waals surface area (Å²) in [5, 5.41) is 7.49. The number of piperidine rings is 1. The average Bonchev–Trinajstić information content (AvgIpc) is 3.18. The fourth-order valence-corrected chi connectivity index (χ4v) is 3.82. The van der Waals surface area contributed by atoms with E-state index < -0.39 is 0 Å². The van der Waals surface area contributed by atoms with Gasteiger partial charge in [-0.2, -0.15) is 5.10 Å². The smallest absolute Gasteiger partial charge is 0.255 e. The number of carbonyl (C=O) groups is 1. The maximum atomic E-state index is 12.9. The van der Waals surface area contributed by atoms with Gasteiger partial charge in [0.05, 0.1) is 11.8 Å². The van der Waals surface area contributed by atoms with Crippen molar-refractivity contribution in [2.75, 3.05) is 13.1 Å². The van der Waals surface area contributed by atoms with Crippen LogP contribution < -0.4 is 0 Å². The first-order chi connectivity index (χ1) is 13.1. The lowest BCUT2D eigenvalue weighted by molar-refractivity contribution is 0.0705. The number of aromatic amines is 1. The second kappa shape index (κ2) is 7.35. The highest BCUT2D eigenvalue weighted by Crippen LogP contribution is 2.33. The van der Waals surface area contributed by atoms with Crippen LogP contribution in [0.2, 0.25) is 0 Å². The van der Waals surface area contributed by atoms with Crippen molar-refractivity contribution >= 4 is 5.91 Å². The van der Waals surface area contributed by atoms with E-state index in [2.05, 4.69) is 46.4 Å². The highest BCUT2D eigenvalue weighted by atomic mass is 16.2. The third-order valence-corrected chi connectivity index (χ3v) is 5.27. The van der Waals surface area contributed by atoms with Crippen LogP contribution in [0.25, 0.3) is 11.1 Å². The molecule has 1 aliphatic rings. The standard InChI is InChI=1S/C22H24N4O/c1-15-5-7-17(8-6-15)20-13-24-25-21(20)18-4-3-9-26(14-18)22(27)19-10-16(2)11-23-12-19/h5-8,10-13,18H,3-4,9,14H2,1-2H3,(H,24,25)/t18-/m0/s1. The molecule has 0 unspecified atom stereocenters. The highest BCUT2D eigenvalue weighted by Gasteiger charge is 2.28. The number of carbonyl (C=O) groups excluding carboxylic acids is 1. The number of aryl methyl sites for hydroxylation is 2. The normalized spacial score (nSPS) is 17.1. The fraction of sp³-hybridized carbons (Fsp3) is 0.318. The number of H-pyrrole nitrogens is 1. The van der Waals surface area contributed by atoms with E-state index in [0.29, 0.717) is 12.1 Å². The zero-order valence-corrected chi connectivity index (χ0v) is 15.8. The van der Waals surface area contributed by atoms with Gasteiger partial charge in [-0.25, -0.2) is 0 Å². The van der Waals surface area contributed by atoms with Crippen LogP contribution in [0.5, 0.6) is 0 Å². The Hall–Kier alpha value is -2.95. The Balaban J connectivity index is 1.56. The van der Waals surface area contributed by atoms with E-state index in [-0.39, 0.29) is 11.8 Å². The van der Waals surface area contributed by atoms with Gasteiger partial charge in [-0.15, -0.1) is 0 Å². The van der Waals surface area contributed by atoms with Gasteiger partial charge in [0, 0.05) is 42.7 Å². The number of nitrogens with zero attached hydrogens (tertiary/aromatic N) is 3. The molecule has 0 radical (unpaired) electrons. The van der Waals surface area contributed by atoms with Crippen LogP contribution in [-0.2, 0) is 0 Å². The number of amides is 1. The summed E-state index contributed by atoms with van der Waals surface area (Å²) in [6.07, 6.45) is 7.37. The Morgan fingerprint density at radius 2 is 1.93 bits per heavy atom. The number of benzene rings is 1. The molecule has 4 rings (SSSR count). The zero-order chi connectivity index (χ0) is 18.8. The van der Waals surface area contributed by atoms with Gasteiger partial charge < -0.3 is 4.90 Å². The van der Waals surface area contributed by atoms with Crippen LogP contribution in [0.15, 0.2) is 48.9 Å². The molecule has 0 saturated carbocycles. The van der Waals surface area contributed by atoms with E-state index >= 15 is 0 Å². The minimum atomic E-state index is 0.0623. The second-order valence-corrected chi connectivity index (χ2v) is 7.40. The third kappa shape index (κ3) is 3.63. The quantitative estimate of drug-likeness (QED) is 0.765. The number of aromatic nitrogens is 3. The molecule has 1 amide bonds. The molecule has 0 aliphatic carbocycles. The van der Waals surface area contributed by atoms with Crippen LogP contribution >= 0.6 is 0 Å². The van der Waals surface area contributed by atoms with Crippen LogP contribution in [0.3, 0.4) is 0 Å². The van der Waals surface area contributed by atoms with Crippen molar-refractivity contribution in [3.05, 3.63) is 71.3 Å². The van der Waals surface area contributed by atoms with Gasteiger partial charge in [0.15, 0.2) is 0 Å². The molecule has 3 aromatic rings. The maximum absolute atomic E-state index is 12.9. The first-order valence-electron chi connectivity index (χ1n) is 9.43. The van der Waals surface area contributed by atoms with Gasteiger partial charge in [-0.05, 0) is 43.9 Å². The molecule has 0 spiro atoms. The van der Waals surface area contributed by atoms with Crippen molar-refractivity contribution in [1.82, 2.24) is 20.1 Å². The number of pyridine rings is 1. The lowest BCUT2D eigenvalue weighted by Crippen LogP contribution is -2.39. The lowest BCUT2D eigenvalue weighted by Gasteiger charge is -2.32. The molecule has 1 fully saturated rings. The maximum Gasteiger partial charge on any atom is 0.255 e. The minimum absolute atomic E-state index is 0.0623. The molecule has 3 heterocycles. The molecule has 2 aromatic heterocycles. The molecule has 1 N–H and O–H groups in total. The second-order valence-electron chi connectivity index (χ2n) is 7.40. The molecule has 5 heteroatoms. The topological polar surface area (TPSA) is 61.9 Å². The molecule has 0 bridgehead atoms. The number of likely N-dealkylation sites (tertiary alicyclic amines) is 1. The number of nitrogens with one attached hydrogen (secondary N) is 1. The molecular formula is C22H24N4O. The summed E-state index contributed by atoms with van der Waals surface area (Å²) in [6, 6.07) is 10.4. The summed E-state index contributed by atoms with van der Waals surface area (Å²) in [7, 11) is 0. The van der Waals surface area contributed by atoms with Crippen molar-refractivity contribution in [2.45, 2.75) is 32.6 Å². The van der Waals surface area contributed by atoms with Crippen molar-refractivity contribution in [2.24, 2.45) is 0 Å². The van der Waals surface area contributed by atoms with Crippen molar-refractivity contribution < 1.29 is 4.79 Å². The molecule has 5 nitrogen and oxygen atoms in total. The van der Waals surface area contributed by atoms with E-state index in [1.807, 2.05) is 24.1 Å². The van der Waals surface area contributed by atoms with Gasteiger partial charge in [-0.1, -0.05) is 29.8 Å². The van der Waals surface area contributed by atoms with E-state index in [4.69, 9.17) is 0 Å². The van der Waals surface area contributed by atoms with Gasteiger partial charge in [0.1, 0.15) is 0 Å². The summed E-state index contributed by atoms with van der Waals surface area (Å²) in [4.78, 5) is 19.0. The molecule has 138 valence electrons. The molecule has 27 heavy (non-hydrogen) atoms. The van der Waals surface area contributed by atoms with Crippen LogP contribution in [0.4, 0.5) is 0 Å². The Kier molecular flexibility index (Phi) is 4.75. The van der Waals surface area contributed by atoms with Gasteiger partial charge in [-0.3, -0.25) is 14.9 Å². The summed E-state index contributed by atoms with van der Waals surface area (Å²) in [6.45, 7) is 5.54. The third-order valence-electron chi connectivity index (χ3n) is 5.27. The Morgan fingerprint density at radius 1 is 1.11 bits per heavy atom. The Morgan fingerprint density at radius 3 is 2.70 bits per heavy atom. The first-order valence-corrected chi connectivity index (χ1v) is 9.43. The molecule has 1 aromatic carbocycles.